The molecule has 2 heterocycles. The number of aryl methyl sites for hydroxylation is 1. The molecule has 0 saturated heterocycles. The molecule has 0 spiro atoms. The summed E-state index contributed by atoms with van der Waals surface area (Å²) in [6, 6.07) is 9.01. The van der Waals surface area contributed by atoms with Crippen molar-refractivity contribution in [2.75, 3.05) is 5.73 Å². The molecule has 1 unspecified atom stereocenters. The quantitative estimate of drug-likeness (QED) is 0.726. The molecular formula is C14H12N2S2. The summed E-state index contributed by atoms with van der Waals surface area (Å²) in [5.41, 5.74) is 8.43. The van der Waals surface area contributed by atoms with E-state index < -0.39 is 0 Å². The average Bonchev–Trinajstić information content (AvgIpc) is 3.01. The number of nitrogen functional groups attached to an aromatic ring is 1. The molecule has 0 aliphatic heterocycles. The summed E-state index contributed by atoms with van der Waals surface area (Å²) in [4.78, 5) is 5.79. The molecule has 0 amide bonds. The van der Waals surface area contributed by atoms with Gasteiger partial charge in [-0.2, -0.15) is 0 Å². The number of thiazole rings is 1. The number of benzene rings is 1. The first-order chi connectivity index (χ1) is 8.81. The molecule has 1 atom stereocenters. The fraction of sp³-hybridized carbons (Fsp3) is 0.214. The maximum Gasteiger partial charge on any atom is 0.180 e. The lowest BCUT2D eigenvalue weighted by atomic mass is 9.97. The van der Waals surface area contributed by atoms with E-state index in [2.05, 4.69) is 34.6 Å². The second-order valence-electron chi connectivity index (χ2n) is 4.67. The molecule has 1 aliphatic rings. The van der Waals surface area contributed by atoms with Gasteiger partial charge in [0, 0.05) is 15.5 Å². The summed E-state index contributed by atoms with van der Waals surface area (Å²) in [5, 5.41) is 4.21. The highest BCUT2D eigenvalue weighted by Gasteiger charge is 2.27. The fourth-order valence-electron chi connectivity index (χ4n) is 2.77. The van der Waals surface area contributed by atoms with Crippen molar-refractivity contribution in [3.8, 4) is 0 Å². The summed E-state index contributed by atoms with van der Waals surface area (Å²) in [6.07, 6.45) is 2.24. The number of fused-ring (bicyclic) bond motifs is 2. The summed E-state index contributed by atoms with van der Waals surface area (Å²) in [7, 11) is 0. The van der Waals surface area contributed by atoms with Crippen molar-refractivity contribution >= 4 is 37.9 Å². The van der Waals surface area contributed by atoms with Crippen molar-refractivity contribution in [2.45, 2.75) is 18.8 Å². The molecule has 4 heteroatoms. The molecule has 4 rings (SSSR count). The van der Waals surface area contributed by atoms with Crippen LogP contribution in [-0.4, -0.2) is 4.98 Å². The average molecular weight is 272 g/mol. The predicted octanol–water partition coefficient (Wildman–Crippen LogP) is 4.02. The molecular weight excluding hydrogens is 260 g/mol. The third-order valence-electron chi connectivity index (χ3n) is 3.61. The number of nitrogens with zero attached hydrogens (tertiary/aromatic N) is 1. The Morgan fingerprint density at radius 1 is 1.28 bits per heavy atom. The molecule has 2 N–H and O–H groups in total. The van der Waals surface area contributed by atoms with E-state index in [1.807, 2.05) is 0 Å². The van der Waals surface area contributed by atoms with Gasteiger partial charge in [-0.1, -0.05) is 6.07 Å². The zero-order chi connectivity index (χ0) is 12.1. The Labute approximate surface area is 113 Å². The van der Waals surface area contributed by atoms with Crippen molar-refractivity contribution in [1.82, 2.24) is 4.98 Å². The molecule has 0 fully saturated rings. The molecule has 0 bridgehead atoms. The van der Waals surface area contributed by atoms with Crippen LogP contribution in [0.25, 0.3) is 10.1 Å². The van der Waals surface area contributed by atoms with Crippen LogP contribution >= 0.6 is 22.7 Å². The molecule has 1 aliphatic carbocycles. The largest absolute Gasteiger partial charge is 0.375 e. The van der Waals surface area contributed by atoms with Gasteiger partial charge >= 0.3 is 0 Å². The molecule has 90 valence electrons. The second-order valence-corrected chi connectivity index (χ2v) is 6.68. The van der Waals surface area contributed by atoms with Gasteiger partial charge < -0.3 is 5.73 Å². The van der Waals surface area contributed by atoms with Gasteiger partial charge in [0.25, 0.3) is 0 Å². The Bertz CT molecular complexity index is 726. The van der Waals surface area contributed by atoms with E-state index in [-0.39, 0.29) is 0 Å². The molecule has 0 radical (unpaired) electrons. The van der Waals surface area contributed by atoms with Gasteiger partial charge in [0.15, 0.2) is 5.13 Å². The lowest BCUT2D eigenvalue weighted by Gasteiger charge is -2.09. The maximum absolute atomic E-state index is 5.81. The lowest BCUT2D eigenvalue weighted by molar-refractivity contribution is 0.792. The minimum absolute atomic E-state index is 0.499. The Balaban J connectivity index is 1.83. The van der Waals surface area contributed by atoms with Gasteiger partial charge in [-0.3, -0.25) is 0 Å². The van der Waals surface area contributed by atoms with E-state index >= 15 is 0 Å². The first kappa shape index (κ1) is 10.5. The zero-order valence-corrected chi connectivity index (χ0v) is 11.4. The summed E-state index contributed by atoms with van der Waals surface area (Å²) in [6.45, 7) is 0. The predicted molar refractivity (Wildman–Crippen MR) is 78.5 cm³/mol. The Morgan fingerprint density at radius 2 is 2.22 bits per heavy atom. The molecule has 1 aromatic carbocycles. The van der Waals surface area contributed by atoms with Gasteiger partial charge in [0.05, 0.1) is 5.69 Å². The van der Waals surface area contributed by atoms with E-state index in [9.17, 15) is 0 Å². The summed E-state index contributed by atoms with van der Waals surface area (Å²) < 4.78 is 1.36. The Morgan fingerprint density at radius 3 is 3.17 bits per heavy atom. The maximum atomic E-state index is 5.81. The minimum atomic E-state index is 0.499. The van der Waals surface area contributed by atoms with Crippen LogP contribution in [-0.2, 0) is 6.42 Å². The molecule has 2 aromatic heterocycles. The second kappa shape index (κ2) is 3.80. The Hall–Kier alpha value is -1.39. The molecule has 18 heavy (non-hydrogen) atoms. The van der Waals surface area contributed by atoms with Crippen molar-refractivity contribution < 1.29 is 0 Å². The van der Waals surface area contributed by atoms with Crippen LogP contribution < -0.4 is 5.73 Å². The Kier molecular flexibility index (Phi) is 2.22. The first-order valence-electron chi connectivity index (χ1n) is 6.03. The standard InChI is InChI=1S/C14H12N2S2/c15-14-16-11-3-2-10(13(11)18-14)8-1-4-12-9(7-8)5-6-17-12/h1,4-7,10H,2-3H2,(H2,15,16). The van der Waals surface area contributed by atoms with Crippen molar-refractivity contribution in [3.05, 3.63) is 45.8 Å². The van der Waals surface area contributed by atoms with Crippen LogP contribution in [0.3, 0.4) is 0 Å². The van der Waals surface area contributed by atoms with Crippen LogP contribution in [0, 0.1) is 0 Å². The number of hydrogen-bond acceptors (Lipinski definition) is 4. The number of hydrogen-bond donors (Lipinski definition) is 1. The van der Waals surface area contributed by atoms with E-state index in [4.69, 9.17) is 5.73 Å². The molecule has 3 aromatic rings. The normalized spacial score (nSPS) is 18.3. The highest BCUT2D eigenvalue weighted by Crippen LogP contribution is 2.42. The van der Waals surface area contributed by atoms with E-state index in [1.165, 1.54) is 32.6 Å². The number of rotatable bonds is 1. The lowest BCUT2D eigenvalue weighted by Crippen LogP contribution is -1.93. The van der Waals surface area contributed by atoms with Gasteiger partial charge in [0.2, 0.25) is 0 Å². The van der Waals surface area contributed by atoms with Gasteiger partial charge in [-0.15, -0.1) is 22.7 Å². The molecule has 0 saturated carbocycles. The third-order valence-corrected chi connectivity index (χ3v) is 5.55. The van der Waals surface area contributed by atoms with Crippen LogP contribution in [0.1, 0.15) is 28.5 Å². The highest BCUT2D eigenvalue weighted by molar-refractivity contribution is 7.17. The molecule has 2 nitrogen and oxygen atoms in total. The van der Waals surface area contributed by atoms with E-state index in [0.717, 1.165) is 6.42 Å². The van der Waals surface area contributed by atoms with Gasteiger partial charge in [-0.05, 0) is 47.4 Å². The highest BCUT2D eigenvalue weighted by atomic mass is 32.1. The number of nitrogens with two attached hydrogens (primary N) is 1. The first-order valence-corrected chi connectivity index (χ1v) is 7.73. The summed E-state index contributed by atoms with van der Waals surface area (Å²) >= 11 is 3.46. The third kappa shape index (κ3) is 1.49. The van der Waals surface area contributed by atoms with Crippen LogP contribution in [0.4, 0.5) is 5.13 Å². The van der Waals surface area contributed by atoms with E-state index in [1.54, 1.807) is 22.7 Å². The number of anilines is 1. The van der Waals surface area contributed by atoms with Gasteiger partial charge in [-0.25, -0.2) is 4.98 Å². The number of aromatic nitrogens is 1. The summed E-state index contributed by atoms with van der Waals surface area (Å²) in [5.74, 6) is 0.499. The van der Waals surface area contributed by atoms with Crippen molar-refractivity contribution in [1.29, 1.82) is 0 Å². The van der Waals surface area contributed by atoms with Crippen LogP contribution in [0.15, 0.2) is 29.6 Å². The van der Waals surface area contributed by atoms with Crippen LogP contribution in [0.5, 0.6) is 0 Å². The minimum Gasteiger partial charge on any atom is -0.375 e. The van der Waals surface area contributed by atoms with Crippen LogP contribution in [0.2, 0.25) is 0 Å². The van der Waals surface area contributed by atoms with Crippen molar-refractivity contribution in [3.63, 3.8) is 0 Å². The number of thiophene rings is 1. The van der Waals surface area contributed by atoms with Crippen molar-refractivity contribution in [2.24, 2.45) is 0 Å². The SMILES string of the molecule is Nc1nc2c(s1)C(c1ccc3sccc3c1)CC2. The van der Waals surface area contributed by atoms with Gasteiger partial charge in [0.1, 0.15) is 0 Å². The fourth-order valence-corrected chi connectivity index (χ4v) is 4.58. The zero-order valence-electron chi connectivity index (χ0n) is 9.72. The smallest absolute Gasteiger partial charge is 0.180 e. The van der Waals surface area contributed by atoms with E-state index in [0.29, 0.717) is 11.0 Å². The topological polar surface area (TPSA) is 38.9 Å². The monoisotopic (exact) mass is 272 g/mol.